The van der Waals surface area contributed by atoms with Crippen LogP contribution < -0.4 is 14.9 Å². The van der Waals surface area contributed by atoms with Crippen molar-refractivity contribution in [3.05, 3.63) is 118 Å². The molecule has 1 atom stereocenters. The third-order valence-electron chi connectivity index (χ3n) is 6.29. The van der Waals surface area contributed by atoms with Gasteiger partial charge in [-0.1, -0.05) is 36.9 Å². The van der Waals surface area contributed by atoms with Crippen LogP contribution in [-0.2, 0) is 6.42 Å². The Morgan fingerprint density at radius 3 is 2.44 bits per heavy atom. The number of benzene rings is 3. The summed E-state index contributed by atoms with van der Waals surface area (Å²) in [4.78, 5) is 28.7. The Kier molecular flexibility index (Phi) is 6.29. The average Bonchev–Trinajstić information content (AvgIpc) is 3.18. The molecule has 0 N–H and O–H groups in total. The molecule has 7 heteroatoms. The minimum absolute atomic E-state index is 0.00850. The second-order valence-electron chi connectivity index (χ2n) is 8.48. The van der Waals surface area contributed by atoms with Crippen molar-refractivity contribution in [2.45, 2.75) is 12.5 Å². The molecule has 1 aromatic heterocycles. The summed E-state index contributed by atoms with van der Waals surface area (Å²) in [6.07, 6.45) is 2.21. The van der Waals surface area contributed by atoms with E-state index in [1.165, 1.54) is 12.1 Å². The fourth-order valence-corrected chi connectivity index (χ4v) is 4.51. The molecule has 5 rings (SSSR count). The molecule has 1 aliphatic rings. The number of methoxy groups -OCH3 is 1. The molecular formula is C29H24FNO5. The van der Waals surface area contributed by atoms with Gasteiger partial charge in [0.25, 0.3) is 5.91 Å². The molecule has 182 valence electrons. The van der Waals surface area contributed by atoms with Gasteiger partial charge >= 0.3 is 0 Å². The second-order valence-corrected chi connectivity index (χ2v) is 8.48. The Morgan fingerprint density at radius 1 is 1.03 bits per heavy atom. The van der Waals surface area contributed by atoms with E-state index in [-0.39, 0.29) is 28.2 Å². The van der Waals surface area contributed by atoms with Gasteiger partial charge < -0.3 is 18.8 Å². The SMILES string of the molecule is C=CCOc1ccc([C@H]2c3c(oc4ccc(F)cc4c3=O)C(=O)N2CCc2ccc(OC)cc2)cc1. The van der Waals surface area contributed by atoms with Crippen molar-refractivity contribution >= 4 is 16.9 Å². The van der Waals surface area contributed by atoms with Crippen molar-refractivity contribution in [1.82, 2.24) is 4.90 Å². The maximum atomic E-state index is 14.0. The molecule has 0 saturated heterocycles. The van der Waals surface area contributed by atoms with Crippen LogP contribution in [0.5, 0.6) is 11.5 Å². The number of hydrogen-bond donors (Lipinski definition) is 0. The van der Waals surface area contributed by atoms with Crippen molar-refractivity contribution in [3.63, 3.8) is 0 Å². The molecule has 0 saturated carbocycles. The molecule has 1 amide bonds. The van der Waals surface area contributed by atoms with E-state index in [4.69, 9.17) is 13.9 Å². The normalized spacial score (nSPS) is 14.7. The van der Waals surface area contributed by atoms with E-state index in [1.54, 1.807) is 30.2 Å². The number of nitrogens with zero attached hydrogens (tertiary/aromatic N) is 1. The smallest absolute Gasteiger partial charge is 0.290 e. The molecule has 2 heterocycles. The largest absolute Gasteiger partial charge is 0.497 e. The van der Waals surface area contributed by atoms with Crippen LogP contribution in [0.15, 0.2) is 88.6 Å². The van der Waals surface area contributed by atoms with Crippen LogP contribution in [0.25, 0.3) is 11.0 Å². The number of fused-ring (bicyclic) bond motifs is 2. The Hall–Kier alpha value is -4.39. The second kappa shape index (κ2) is 9.70. The Bertz CT molecular complexity index is 1490. The van der Waals surface area contributed by atoms with Crippen molar-refractivity contribution in [2.75, 3.05) is 20.3 Å². The monoisotopic (exact) mass is 485 g/mol. The van der Waals surface area contributed by atoms with Crippen molar-refractivity contribution < 1.29 is 23.1 Å². The predicted octanol–water partition coefficient (Wildman–Crippen LogP) is 5.29. The molecule has 0 fully saturated rings. The van der Waals surface area contributed by atoms with Crippen LogP contribution in [0.3, 0.4) is 0 Å². The number of halogens is 1. The van der Waals surface area contributed by atoms with E-state index in [2.05, 4.69) is 6.58 Å². The van der Waals surface area contributed by atoms with Crippen molar-refractivity contribution in [1.29, 1.82) is 0 Å². The fourth-order valence-electron chi connectivity index (χ4n) is 4.51. The van der Waals surface area contributed by atoms with E-state index in [0.717, 1.165) is 22.9 Å². The maximum absolute atomic E-state index is 14.0. The standard InChI is InChI=1S/C29H24FNO5/c1-3-16-35-22-11-6-19(7-12-22)26-25-27(32)23-17-20(30)8-13-24(23)36-28(25)29(33)31(26)15-14-18-4-9-21(34-2)10-5-18/h3-13,17,26H,1,14-16H2,2H3/t26-/m0/s1. The lowest BCUT2D eigenvalue weighted by atomic mass is 9.98. The minimum Gasteiger partial charge on any atom is -0.497 e. The lowest BCUT2D eigenvalue weighted by Gasteiger charge is -2.25. The number of carbonyl (C=O) groups is 1. The number of hydrogen-bond acceptors (Lipinski definition) is 5. The summed E-state index contributed by atoms with van der Waals surface area (Å²) < 4.78 is 30.6. The van der Waals surface area contributed by atoms with Crippen LogP contribution in [0, 0.1) is 5.82 Å². The first-order valence-corrected chi connectivity index (χ1v) is 11.5. The zero-order chi connectivity index (χ0) is 25.2. The molecule has 0 spiro atoms. The Morgan fingerprint density at radius 2 is 1.75 bits per heavy atom. The van der Waals surface area contributed by atoms with Crippen LogP contribution in [0.2, 0.25) is 0 Å². The highest BCUT2D eigenvalue weighted by Gasteiger charge is 2.42. The topological polar surface area (TPSA) is 69.0 Å². The highest BCUT2D eigenvalue weighted by molar-refractivity contribution is 5.99. The van der Waals surface area contributed by atoms with Crippen LogP contribution in [0.1, 0.15) is 33.3 Å². The molecule has 6 nitrogen and oxygen atoms in total. The summed E-state index contributed by atoms with van der Waals surface area (Å²) in [5.74, 6) is 0.453. The summed E-state index contributed by atoms with van der Waals surface area (Å²) >= 11 is 0. The molecule has 0 bridgehead atoms. The number of amides is 1. The lowest BCUT2D eigenvalue weighted by molar-refractivity contribution is 0.0730. The van der Waals surface area contributed by atoms with Gasteiger partial charge in [0, 0.05) is 6.54 Å². The quantitative estimate of drug-likeness (QED) is 0.317. The third-order valence-corrected chi connectivity index (χ3v) is 6.29. The predicted molar refractivity (Wildman–Crippen MR) is 134 cm³/mol. The molecule has 0 unspecified atom stereocenters. The van der Waals surface area contributed by atoms with Gasteiger partial charge in [-0.05, 0) is 60.0 Å². The molecule has 36 heavy (non-hydrogen) atoms. The number of ether oxygens (including phenoxy) is 2. The van der Waals surface area contributed by atoms with Gasteiger partial charge in [-0.15, -0.1) is 0 Å². The van der Waals surface area contributed by atoms with E-state index in [9.17, 15) is 14.0 Å². The molecule has 1 aliphatic heterocycles. The third kappa shape index (κ3) is 4.24. The fraction of sp³-hybridized carbons (Fsp3) is 0.172. The lowest BCUT2D eigenvalue weighted by Crippen LogP contribution is -2.31. The molecule has 3 aromatic carbocycles. The van der Waals surface area contributed by atoms with E-state index in [1.807, 2.05) is 36.4 Å². The van der Waals surface area contributed by atoms with Gasteiger partial charge in [-0.3, -0.25) is 9.59 Å². The van der Waals surface area contributed by atoms with Gasteiger partial charge in [-0.25, -0.2) is 4.39 Å². The highest BCUT2D eigenvalue weighted by atomic mass is 19.1. The first-order valence-electron chi connectivity index (χ1n) is 11.5. The summed E-state index contributed by atoms with van der Waals surface area (Å²) in [6, 6.07) is 17.9. The Balaban J connectivity index is 1.56. The first kappa shape index (κ1) is 23.4. The van der Waals surface area contributed by atoms with Gasteiger partial charge in [0.05, 0.1) is 24.1 Å². The molecule has 0 radical (unpaired) electrons. The van der Waals surface area contributed by atoms with Gasteiger partial charge in [0.15, 0.2) is 5.43 Å². The van der Waals surface area contributed by atoms with E-state index >= 15 is 0 Å². The van der Waals surface area contributed by atoms with Crippen LogP contribution in [-0.4, -0.2) is 31.1 Å². The van der Waals surface area contributed by atoms with Gasteiger partial charge in [-0.2, -0.15) is 0 Å². The molecule has 4 aromatic rings. The maximum Gasteiger partial charge on any atom is 0.290 e. The van der Waals surface area contributed by atoms with E-state index < -0.39 is 17.3 Å². The number of carbonyl (C=O) groups excluding carboxylic acids is 1. The van der Waals surface area contributed by atoms with Crippen molar-refractivity contribution in [3.8, 4) is 11.5 Å². The summed E-state index contributed by atoms with van der Waals surface area (Å²) in [7, 11) is 1.60. The average molecular weight is 486 g/mol. The zero-order valence-electron chi connectivity index (χ0n) is 19.7. The zero-order valence-corrected chi connectivity index (χ0v) is 19.7. The number of rotatable bonds is 8. The van der Waals surface area contributed by atoms with Gasteiger partial charge in [0.1, 0.15) is 29.5 Å². The minimum atomic E-state index is -0.678. The molecular weight excluding hydrogens is 461 g/mol. The highest BCUT2D eigenvalue weighted by Crippen LogP contribution is 2.38. The molecule has 0 aliphatic carbocycles. The van der Waals surface area contributed by atoms with Gasteiger partial charge in [0.2, 0.25) is 5.76 Å². The van der Waals surface area contributed by atoms with Crippen molar-refractivity contribution in [2.24, 2.45) is 0 Å². The Labute approximate surface area is 207 Å². The van der Waals surface area contributed by atoms with Crippen LogP contribution >= 0.6 is 0 Å². The van der Waals surface area contributed by atoms with E-state index in [0.29, 0.717) is 25.3 Å². The summed E-state index contributed by atoms with van der Waals surface area (Å²) in [5, 5.41) is 0.106. The summed E-state index contributed by atoms with van der Waals surface area (Å²) in [5.41, 5.74) is 1.72. The van der Waals surface area contributed by atoms with Crippen LogP contribution in [0.4, 0.5) is 4.39 Å². The first-order chi connectivity index (χ1) is 17.5. The summed E-state index contributed by atoms with van der Waals surface area (Å²) in [6.45, 7) is 4.35.